The van der Waals surface area contributed by atoms with E-state index in [1.807, 2.05) is 0 Å². The van der Waals surface area contributed by atoms with Gasteiger partial charge < -0.3 is 15.7 Å². The highest BCUT2D eigenvalue weighted by molar-refractivity contribution is 5.97. The van der Waals surface area contributed by atoms with Crippen molar-refractivity contribution in [1.29, 1.82) is 0 Å². The Balaban J connectivity index is 2.24. The number of phenols is 1. The van der Waals surface area contributed by atoms with Crippen LogP contribution in [0.3, 0.4) is 0 Å². The number of hydrogen-bond donors (Lipinski definition) is 2. The molecule has 1 fully saturated rings. The largest absolute Gasteiger partial charge is 0.507 e. The van der Waals surface area contributed by atoms with Gasteiger partial charge in [0.15, 0.2) is 0 Å². The van der Waals surface area contributed by atoms with Gasteiger partial charge in [-0.25, -0.2) is 0 Å². The minimum Gasteiger partial charge on any atom is -0.507 e. The molecule has 0 spiro atoms. The molecule has 1 aromatic carbocycles. The minimum absolute atomic E-state index is 0.0869. The van der Waals surface area contributed by atoms with Crippen LogP contribution < -0.4 is 5.73 Å². The average Bonchev–Trinajstić information content (AvgIpc) is 2.29. The summed E-state index contributed by atoms with van der Waals surface area (Å²) < 4.78 is 0. The van der Waals surface area contributed by atoms with Crippen molar-refractivity contribution in [2.24, 2.45) is 5.73 Å². The first-order chi connectivity index (χ1) is 8.65. The van der Waals surface area contributed by atoms with E-state index in [-0.39, 0.29) is 11.7 Å². The third-order valence-corrected chi connectivity index (χ3v) is 3.61. The molecule has 4 heteroatoms. The van der Waals surface area contributed by atoms with Gasteiger partial charge in [-0.1, -0.05) is 12.1 Å². The molecule has 98 valence electrons. The topological polar surface area (TPSA) is 66.6 Å². The Morgan fingerprint density at radius 1 is 1.50 bits per heavy atom. The molecule has 0 unspecified atom stereocenters. The molecular weight excluding hydrogens is 228 g/mol. The van der Waals surface area contributed by atoms with Gasteiger partial charge in [0.05, 0.1) is 5.56 Å². The Morgan fingerprint density at radius 2 is 2.22 bits per heavy atom. The number of benzene rings is 1. The molecule has 1 amide bonds. The van der Waals surface area contributed by atoms with E-state index in [1.54, 1.807) is 30.0 Å². The van der Waals surface area contributed by atoms with E-state index in [4.69, 9.17) is 5.73 Å². The number of hydrogen-bond acceptors (Lipinski definition) is 3. The molecule has 2 rings (SSSR count). The number of aromatic hydroxyl groups is 1. The monoisotopic (exact) mass is 248 g/mol. The van der Waals surface area contributed by atoms with Crippen molar-refractivity contribution in [2.75, 3.05) is 13.1 Å². The summed E-state index contributed by atoms with van der Waals surface area (Å²) in [6, 6.07) is 5.56. The number of rotatable bonds is 4. The number of carbonyl (C=O) groups excluding carboxylic acids is 1. The highest BCUT2D eigenvalue weighted by Crippen LogP contribution is 2.29. The molecule has 0 atom stereocenters. The molecule has 1 aromatic rings. The van der Waals surface area contributed by atoms with Crippen LogP contribution >= 0.6 is 0 Å². The molecule has 1 aliphatic rings. The minimum atomic E-state index is -0.105. The van der Waals surface area contributed by atoms with Gasteiger partial charge in [0.25, 0.3) is 5.91 Å². The SMILES string of the molecule is Cc1cccc(C(=O)N(CCN)C2CCC2)c1O. The number of amides is 1. The van der Waals surface area contributed by atoms with Crippen molar-refractivity contribution in [3.8, 4) is 5.75 Å². The van der Waals surface area contributed by atoms with Gasteiger partial charge in [0, 0.05) is 19.1 Å². The van der Waals surface area contributed by atoms with Gasteiger partial charge in [-0.2, -0.15) is 0 Å². The second-order valence-electron chi connectivity index (χ2n) is 4.84. The average molecular weight is 248 g/mol. The molecule has 0 saturated heterocycles. The molecule has 0 bridgehead atoms. The van der Waals surface area contributed by atoms with E-state index < -0.39 is 0 Å². The Bertz CT molecular complexity index is 441. The highest BCUT2D eigenvalue weighted by atomic mass is 16.3. The molecule has 1 saturated carbocycles. The van der Waals surface area contributed by atoms with Crippen molar-refractivity contribution in [2.45, 2.75) is 32.2 Å². The number of nitrogens with zero attached hydrogens (tertiary/aromatic N) is 1. The maximum absolute atomic E-state index is 12.5. The fourth-order valence-electron chi connectivity index (χ4n) is 2.27. The fraction of sp³-hybridized carbons (Fsp3) is 0.500. The van der Waals surface area contributed by atoms with Crippen LogP contribution in [0.15, 0.2) is 18.2 Å². The van der Waals surface area contributed by atoms with E-state index in [0.717, 1.165) is 18.4 Å². The molecule has 0 heterocycles. The summed E-state index contributed by atoms with van der Waals surface area (Å²) in [6.07, 6.45) is 3.25. The summed E-state index contributed by atoms with van der Waals surface area (Å²) in [5.74, 6) is -0.0183. The fourth-order valence-corrected chi connectivity index (χ4v) is 2.27. The molecule has 0 aliphatic heterocycles. The van der Waals surface area contributed by atoms with Crippen molar-refractivity contribution >= 4 is 5.91 Å². The van der Waals surface area contributed by atoms with E-state index in [1.165, 1.54) is 6.42 Å². The number of phenolic OH excluding ortho intramolecular Hbond substituents is 1. The lowest BCUT2D eigenvalue weighted by atomic mass is 9.90. The first-order valence-corrected chi connectivity index (χ1v) is 6.44. The second-order valence-corrected chi connectivity index (χ2v) is 4.84. The number of carbonyl (C=O) groups is 1. The van der Waals surface area contributed by atoms with Crippen molar-refractivity contribution < 1.29 is 9.90 Å². The zero-order chi connectivity index (χ0) is 13.1. The van der Waals surface area contributed by atoms with Gasteiger partial charge in [0.2, 0.25) is 0 Å². The van der Waals surface area contributed by atoms with Gasteiger partial charge in [-0.15, -0.1) is 0 Å². The summed E-state index contributed by atoms with van der Waals surface area (Å²) >= 11 is 0. The van der Waals surface area contributed by atoms with Crippen molar-refractivity contribution in [1.82, 2.24) is 4.90 Å². The van der Waals surface area contributed by atoms with Crippen molar-refractivity contribution in [3.63, 3.8) is 0 Å². The van der Waals surface area contributed by atoms with Crippen LogP contribution in [0.25, 0.3) is 0 Å². The van der Waals surface area contributed by atoms with Crippen LogP contribution in [0, 0.1) is 6.92 Å². The quantitative estimate of drug-likeness (QED) is 0.851. The van der Waals surface area contributed by atoms with Crippen LogP contribution in [-0.4, -0.2) is 35.0 Å². The Kier molecular flexibility index (Phi) is 3.87. The normalized spacial score (nSPS) is 15.2. The molecule has 1 aliphatic carbocycles. The third-order valence-electron chi connectivity index (χ3n) is 3.61. The second kappa shape index (κ2) is 5.40. The van der Waals surface area contributed by atoms with Crippen LogP contribution in [0.5, 0.6) is 5.75 Å². The first kappa shape index (κ1) is 12.9. The first-order valence-electron chi connectivity index (χ1n) is 6.44. The third kappa shape index (κ3) is 2.34. The zero-order valence-electron chi connectivity index (χ0n) is 10.7. The van der Waals surface area contributed by atoms with Gasteiger partial charge in [-0.05, 0) is 37.8 Å². The Morgan fingerprint density at radius 3 is 2.78 bits per heavy atom. The number of aryl methyl sites for hydroxylation is 1. The maximum atomic E-state index is 12.5. The summed E-state index contributed by atoms with van der Waals surface area (Å²) in [6.45, 7) is 2.80. The molecule has 0 radical (unpaired) electrons. The molecule has 3 N–H and O–H groups in total. The predicted molar refractivity (Wildman–Crippen MR) is 70.6 cm³/mol. The van der Waals surface area contributed by atoms with Crippen LogP contribution in [0.2, 0.25) is 0 Å². The zero-order valence-corrected chi connectivity index (χ0v) is 10.7. The number of nitrogens with two attached hydrogens (primary N) is 1. The van der Waals surface area contributed by atoms with Gasteiger partial charge in [0.1, 0.15) is 5.75 Å². The predicted octanol–water partition coefficient (Wildman–Crippen LogP) is 1.65. The smallest absolute Gasteiger partial charge is 0.257 e. The summed E-state index contributed by atoms with van der Waals surface area (Å²) in [4.78, 5) is 14.3. The lowest BCUT2D eigenvalue weighted by Crippen LogP contribution is -2.46. The highest BCUT2D eigenvalue weighted by Gasteiger charge is 2.30. The standard InChI is InChI=1S/C14H20N2O2/c1-10-4-2-7-12(13(10)17)14(18)16(9-8-15)11-5-3-6-11/h2,4,7,11,17H,3,5-6,8-9,15H2,1H3. The van der Waals surface area contributed by atoms with E-state index >= 15 is 0 Å². The lowest BCUT2D eigenvalue weighted by molar-refractivity contribution is 0.0585. The van der Waals surface area contributed by atoms with Crippen LogP contribution in [0.4, 0.5) is 0 Å². The molecular formula is C14H20N2O2. The molecule has 4 nitrogen and oxygen atoms in total. The summed E-state index contributed by atoms with van der Waals surface area (Å²) in [7, 11) is 0. The summed E-state index contributed by atoms with van der Waals surface area (Å²) in [5, 5.41) is 9.98. The van der Waals surface area contributed by atoms with Crippen LogP contribution in [-0.2, 0) is 0 Å². The van der Waals surface area contributed by atoms with E-state index in [9.17, 15) is 9.90 Å². The van der Waals surface area contributed by atoms with Crippen LogP contribution in [0.1, 0.15) is 35.2 Å². The van der Waals surface area contributed by atoms with Gasteiger partial charge >= 0.3 is 0 Å². The molecule has 18 heavy (non-hydrogen) atoms. The number of para-hydroxylation sites is 1. The van der Waals surface area contributed by atoms with Crippen molar-refractivity contribution in [3.05, 3.63) is 29.3 Å². The lowest BCUT2D eigenvalue weighted by Gasteiger charge is -2.37. The van der Waals surface area contributed by atoms with E-state index in [0.29, 0.717) is 24.7 Å². The van der Waals surface area contributed by atoms with E-state index in [2.05, 4.69) is 0 Å². The summed E-state index contributed by atoms with van der Waals surface area (Å²) in [5.41, 5.74) is 6.68. The Labute approximate surface area is 107 Å². The Hall–Kier alpha value is -1.55. The van der Waals surface area contributed by atoms with Gasteiger partial charge in [-0.3, -0.25) is 4.79 Å². The maximum Gasteiger partial charge on any atom is 0.257 e. The molecule has 0 aromatic heterocycles.